The Balaban J connectivity index is 2.74. The van der Waals surface area contributed by atoms with Crippen LogP contribution in [0.2, 0.25) is 0 Å². The summed E-state index contributed by atoms with van der Waals surface area (Å²) in [4.78, 5) is 35.4. The predicted octanol–water partition coefficient (Wildman–Crippen LogP) is 0.282. The van der Waals surface area contributed by atoms with Gasteiger partial charge in [0.05, 0.1) is 11.3 Å². The Labute approximate surface area is 102 Å². The molecule has 0 radical (unpaired) electrons. The molecule has 0 atom stereocenters. The summed E-state index contributed by atoms with van der Waals surface area (Å²) in [5, 5.41) is 21.4. The van der Waals surface area contributed by atoms with Crippen molar-refractivity contribution in [3.05, 3.63) is 17.2 Å². The number of benzene rings is 1. The molecule has 2 rings (SSSR count). The minimum absolute atomic E-state index is 0.00417. The van der Waals surface area contributed by atoms with Crippen molar-refractivity contribution in [2.45, 2.75) is 6.92 Å². The fourth-order valence-corrected chi connectivity index (χ4v) is 1.80. The number of hydrogen-bond donors (Lipinski definition) is 3. The monoisotopic (exact) mass is 250 g/mol. The van der Waals surface area contributed by atoms with Crippen molar-refractivity contribution >= 4 is 23.4 Å². The third kappa shape index (κ3) is 1.48. The summed E-state index contributed by atoms with van der Waals surface area (Å²) in [6.07, 6.45) is 0. The quantitative estimate of drug-likeness (QED) is 0.377. The molecule has 7 heteroatoms. The number of carbonyl (C=O) groups is 3. The number of phenolic OH excluding ortho intramolecular Hbond substituents is 2. The van der Waals surface area contributed by atoms with E-state index in [1.807, 2.05) is 0 Å². The van der Waals surface area contributed by atoms with Crippen LogP contribution >= 0.6 is 0 Å². The second kappa shape index (κ2) is 3.73. The van der Waals surface area contributed by atoms with Crippen molar-refractivity contribution in [2.75, 3.05) is 12.4 Å². The maximum absolute atomic E-state index is 11.8. The minimum atomic E-state index is -0.727. The van der Waals surface area contributed by atoms with Crippen LogP contribution in [-0.2, 0) is 4.79 Å². The average molecular weight is 250 g/mol. The highest BCUT2D eigenvalue weighted by molar-refractivity contribution is 6.25. The van der Waals surface area contributed by atoms with Crippen LogP contribution in [0, 0.1) is 0 Å². The Morgan fingerprint density at radius 1 is 1.22 bits per heavy atom. The van der Waals surface area contributed by atoms with E-state index < -0.39 is 29.2 Å². The van der Waals surface area contributed by atoms with Gasteiger partial charge in [-0.1, -0.05) is 0 Å². The Kier molecular flexibility index (Phi) is 2.46. The molecule has 0 fully saturated rings. The van der Waals surface area contributed by atoms with Gasteiger partial charge in [0, 0.05) is 20.0 Å². The Hall–Kier alpha value is -2.57. The van der Waals surface area contributed by atoms with E-state index in [2.05, 4.69) is 5.32 Å². The fourth-order valence-electron chi connectivity index (χ4n) is 1.80. The highest BCUT2D eigenvalue weighted by atomic mass is 16.3. The normalized spacial score (nSPS) is 13.8. The van der Waals surface area contributed by atoms with Crippen LogP contribution < -0.4 is 5.32 Å². The number of nitrogens with one attached hydrogen (secondary N) is 1. The summed E-state index contributed by atoms with van der Waals surface area (Å²) in [5.74, 6) is -3.07. The number of imide groups is 1. The summed E-state index contributed by atoms with van der Waals surface area (Å²) in [7, 11) is 1.25. The number of amides is 3. The molecule has 0 spiro atoms. The second-order valence-corrected chi connectivity index (χ2v) is 3.89. The molecule has 0 aliphatic carbocycles. The van der Waals surface area contributed by atoms with Gasteiger partial charge in [0.15, 0.2) is 11.5 Å². The zero-order chi connectivity index (χ0) is 13.6. The summed E-state index contributed by atoms with van der Waals surface area (Å²) < 4.78 is 0. The maximum atomic E-state index is 11.8. The van der Waals surface area contributed by atoms with Crippen molar-refractivity contribution in [1.82, 2.24) is 4.90 Å². The summed E-state index contributed by atoms with van der Waals surface area (Å²) in [6.45, 7) is 1.22. The predicted molar refractivity (Wildman–Crippen MR) is 60.5 cm³/mol. The molecule has 1 aliphatic heterocycles. The molecule has 0 saturated carbocycles. The first-order chi connectivity index (χ1) is 8.34. The first-order valence-electron chi connectivity index (χ1n) is 5.03. The zero-order valence-electron chi connectivity index (χ0n) is 9.64. The molecule has 3 amide bonds. The summed E-state index contributed by atoms with van der Waals surface area (Å²) in [6, 6.07) is 1.03. The molecule has 94 valence electrons. The number of phenols is 2. The van der Waals surface area contributed by atoms with Crippen molar-refractivity contribution < 1.29 is 24.6 Å². The number of aromatic hydroxyl groups is 2. The van der Waals surface area contributed by atoms with Gasteiger partial charge in [-0.05, 0) is 0 Å². The lowest BCUT2D eigenvalue weighted by Crippen LogP contribution is -2.24. The van der Waals surface area contributed by atoms with Crippen molar-refractivity contribution in [1.29, 1.82) is 0 Å². The van der Waals surface area contributed by atoms with E-state index in [1.165, 1.54) is 14.0 Å². The van der Waals surface area contributed by atoms with Gasteiger partial charge in [0.25, 0.3) is 11.8 Å². The molecule has 0 bridgehead atoms. The van der Waals surface area contributed by atoms with Gasteiger partial charge in [0.2, 0.25) is 5.91 Å². The molecule has 1 aliphatic rings. The van der Waals surface area contributed by atoms with Gasteiger partial charge in [0.1, 0.15) is 5.56 Å². The molecule has 1 aromatic rings. The largest absolute Gasteiger partial charge is 0.504 e. The van der Waals surface area contributed by atoms with Crippen LogP contribution in [0.5, 0.6) is 11.5 Å². The number of fused-ring (bicyclic) bond motifs is 1. The van der Waals surface area contributed by atoms with Gasteiger partial charge in [-0.2, -0.15) is 0 Å². The van der Waals surface area contributed by atoms with Crippen LogP contribution in [-0.4, -0.2) is 39.9 Å². The zero-order valence-corrected chi connectivity index (χ0v) is 9.64. The average Bonchev–Trinajstić information content (AvgIpc) is 2.50. The number of rotatable bonds is 1. The minimum Gasteiger partial charge on any atom is -0.504 e. The van der Waals surface area contributed by atoms with Crippen LogP contribution in [0.1, 0.15) is 27.6 Å². The van der Waals surface area contributed by atoms with E-state index in [-0.39, 0.29) is 16.8 Å². The van der Waals surface area contributed by atoms with E-state index in [0.717, 1.165) is 11.0 Å². The summed E-state index contributed by atoms with van der Waals surface area (Å²) >= 11 is 0. The van der Waals surface area contributed by atoms with Gasteiger partial charge < -0.3 is 15.5 Å². The molecule has 1 aromatic carbocycles. The molecule has 1 heterocycles. The smallest absolute Gasteiger partial charge is 0.265 e. The molecule has 7 nitrogen and oxygen atoms in total. The Bertz CT molecular complexity index is 594. The van der Waals surface area contributed by atoms with E-state index >= 15 is 0 Å². The highest BCUT2D eigenvalue weighted by Gasteiger charge is 2.39. The molecular weight excluding hydrogens is 240 g/mol. The molecule has 0 saturated heterocycles. The van der Waals surface area contributed by atoms with E-state index in [0.29, 0.717) is 0 Å². The lowest BCUT2D eigenvalue weighted by atomic mass is 10.1. The summed E-state index contributed by atoms with van der Waals surface area (Å²) in [5.41, 5.74) is -0.422. The number of anilines is 1. The first kappa shape index (κ1) is 11.9. The SMILES string of the molecule is CC(=O)Nc1cc(O)c(O)c2c1C(=O)N(C)C2=O. The van der Waals surface area contributed by atoms with Crippen LogP contribution in [0.4, 0.5) is 5.69 Å². The first-order valence-corrected chi connectivity index (χ1v) is 5.03. The van der Waals surface area contributed by atoms with Crippen molar-refractivity contribution in [2.24, 2.45) is 0 Å². The molecule has 18 heavy (non-hydrogen) atoms. The van der Waals surface area contributed by atoms with Crippen LogP contribution in [0.25, 0.3) is 0 Å². The topological polar surface area (TPSA) is 107 Å². The molecule has 0 aromatic heterocycles. The molecular formula is C11H10N2O5. The number of carbonyl (C=O) groups excluding carboxylic acids is 3. The second-order valence-electron chi connectivity index (χ2n) is 3.89. The fraction of sp³-hybridized carbons (Fsp3) is 0.182. The number of hydrogen-bond acceptors (Lipinski definition) is 5. The standard InChI is InChI=1S/C11H10N2O5/c1-4(14)12-5-3-6(15)9(16)8-7(5)10(17)13(2)11(8)18/h3,15-16H,1-2H3,(H,12,14). The third-order valence-corrected chi connectivity index (χ3v) is 2.63. The molecule has 0 unspecified atom stereocenters. The lowest BCUT2D eigenvalue weighted by molar-refractivity contribution is -0.114. The lowest BCUT2D eigenvalue weighted by Gasteiger charge is -2.09. The van der Waals surface area contributed by atoms with Crippen molar-refractivity contribution in [3.63, 3.8) is 0 Å². The van der Waals surface area contributed by atoms with Crippen LogP contribution in [0.15, 0.2) is 6.07 Å². The van der Waals surface area contributed by atoms with Crippen LogP contribution in [0.3, 0.4) is 0 Å². The number of nitrogens with zero attached hydrogens (tertiary/aromatic N) is 1. The van der Waals surface area contributed by atoms with E-state index in [1.54, 1.807) is 0 Å². The molecule has 3 N–H and O–H groups in total. The van der Waals surface area contributed by atoms with Gasteiger partial charge in [-0.25, -0.2) is 0 Å². The maximum Gasteiger partial charge on any atom is 0.265 e. The third-order valence-electron chi connectivity index (χ3n) is 2.63. The van der Waals surface area contributed by atoms with Gasteiger partial charge in [-0.15, -0.1) is 0 Å². The Morgan fingerprint density at radius 3 is 2.33 bits per heavy atom. The van der Waals surface area contributed by atoms with E-state index in [4.69, 9.17) is 0 Å². The van der Waals surface area contributed by atoms with Gasteiger partial charge in [-0.3, -0.25) is 19.3 Å². The highest BCUT2D eigenvalue weighted by Crippen LogP contribution is 2.41. The Morgan fingerprint density at radius 2 is 1.78 bits per heavy atom. The van der Waals surface area contributed by atoms with E-state index in [9.17, 15) is 24.6 Å². The van der Waals surface area contributed by atoms with Gasteiger partial charge >= 0.3 is 0 Å². The van der Waals surface area contributed by atoms with Crippen molar-refractivity contribution in [3.8, 4) is 11.5 Å².